The lowest BCUT2D eigenvalue weighted by atomic mass is 9.95. The van der Waals surface area contributed by atoms with Gasteiger partial charge in [0, 0.05) is 74.2 Å². The molecule has 1 fully saturated rings. The molecule has 0 saturated carbocycles. The number of aromatic nitrogens is 4. The Morgan fingerprint density at radius 3 is 2.52 bits per heavy atom. The number of nitrogens with zero attached hydrogens (tertiary/aromatic N) is 6. The summed E-state index contributed by atoms with van der Waals surface area (Å²) >= 11 is 0. The molecule has 0 radical (unpaired) electrons. The monoisotopic (exact) mass is 575 g/mol. The summed E-state index contributed by atoms with van der Waals surface area (Å²) in [6.07, 6.45) is 5.22. The molecule has 224 valence electrons. The van der Waals surface area contributed by atoms with Gasteiger partial charge >= 0.3 is 6.09 Å². The van der Waals surface area contributed by atoms with Gasteiger partial charge in [0.2, 0.25) is 0 Å². The Labute approximate surface area is 246 Å². The van der Waals surface area contributed by atoms with Gasteiger partial charge in [0.15, 0.2) is 0 Å². The van der Waals surface area contributed by atoms with Crippen molar-refractivity contribution in [1.82, 2.24) is 24.5 Å². The molecule has 11 nitrogen and oxygen atoms in total. The average molecular weight is 576 g/mol. The fraction of sp³-hybridized carbons (Fsp3) is 0.484. The van der Waals surface area contributed by atoms with Gasteiger partial charge in [-0.15, -0.1) is 0 Å². The molecule has 1 saturated heterocycles. The number of carbonyl (C=O) groups excluding carboxylic acids is 2. The highest BCUT2D eigenvalue weighted by atomic mass is 16.6. The van der Waals surface area contributed by atoms with E-state index in [4.69, 9.17) is 9.47 Å². The van der Waals surface area contributed by atoms with Crippen LogP contribution in [-0.4, -0.2) is 74.3 Å². The van der Waals surface area contributed by atoms with Crippen LogP contribution in [0, 0.1) is 0 Å². The topological polar surface area (TPSA) is 107 Å². The van der Waals surface area contributed by atoms with Crippen LogP contribution in [-0.2, 0) is 18.8 Å². The zero-order chi connectivity index (χ0) is 30.3. The summed E-state index contributed by atoms with van der Waals surface area (Å²) < 4.78 is 14.7. The minimum absolute atomic E-state index is 0.0951. The molecule has 11 heteroatoms. The fourth-order valence-electron chi connectivity index (χ4n) is 5.92. The Hall–Kier alpha value is -4.28. The lowest BCUT2D eigenvalue weighted by Gasteiger charge is -2.43. The molecule has 1 aliphatic heterocycles. The van der Waals surface area contributed by atoms with Crippen LogP contribution >= 0.6 is 0 Å². The Morgan fingerprint density at radius 2 is 1.86 bits per heavy atom. The molecule has 3 heterocycles. The molecule has 2 aromatic carbocycles. The van der Waals surface area contributed by atoms with Gasteiger partial charge in [0.25, 0.3) is 5.91 Å². The zero-order valence-electron chi connectivity index (χ0n) is 25.8. The molecule has 4 aromatic rings. The number of hydrogen-bond acceptors (Lipinski definition) is 7. The lowest BCUT2D eigenvalue weighted by molar-refractivity contribution is 0.0138. The second kappa shape index (κ2) is 11.2. The van der Waals surface area contributed by atoms with Crippen molar-refractivity contribution in [2.24, 2.45) is 14.1 Å². The van der Waals surface area contributed by atoms with Crippen molar-refractivity contribution < 1.29 is 19.1 Å². The predicted molar refractivity (Wildman–Crippen MR) is 164 cm³/mol. The van der Waals surface area contributed by atoms with Crippen molar-refractivity contribution in [2.75, 3.05) is 30.4 Å². The Bertz CT molecular complexity index is 1630. The number of amides is 2. The predicted octanol–water partition coefficient (Wildman–Crippen LogP) is 5.34. The second-order valence-electron chi connectivity index (χ2n) is 12.1. The van der Waals surface area contributed by atoms with Gasteiger partial charge in [-0.3, -0.25) is 14.2 Å². The maximum atomic E-state index is 13.6. The lowest BCUT2D eigenvalue weighted by Crippen LogP contribution is -2.51. The molecule has 0 aliphatic carbocycles. The van der Waals surface area contributed by atoms with Crippen molar-refractivity contribution in [3.63, 3.8) is 0 Å². The molecular weight excluding hydrogens is 534 g/mol. The third kappa shape index (κ3) is 5.73. The van der Waals surface area contributed by atoms with E-state index >= 15 is 0 Å². The molecule has 0 bridgehead atoms. The number of carbonyl (C=O) groups is 2. The molecule has 5 rings (SSSR count). The molecule has 2 aromatic heterocycles. The van der Waals surface area contributed by atoms with Crippen molar-refractivity contribution >= 4 is 45.2 Å². The first-order chi connectivity index (χ1) is 19.9. The van der Waals surface area contributed by atoms with Crippen molar-refractivity contribution in [1.29, 1.82) is 0 Å². The number of methoxy groups -OCH3 is 1. The van der Waals surface area contributed by atoms with Crippen molar-refractivity contribution in [3.05, 3.63) is 42.2 Å². The van der Waals surface area contributed by atoms with Gasteiger partial charge in [0.1, 0.15) is 16.9 Å². The van der Waals surface area contributed by atoms with Crippen LogP contribution in [0.5, 0.6) is 5.75 Å². The van der Waals surface area contributed by atoms with Crippen LogP contribution in [0.15, 0.2) is 36.7 Å². The minimum Gasteiger partial charge on any atom is -0.494 e. The van der Waals surface area contributed by atoms with Gasteiger partial charge in [0.05, 0.1) is 23.9 Å². The molecule has 2 atom stereocenters. The Morgan fingerprint density at radius 1 is 1.12 bits per heavy atom. The second-order valence-corrected chi connectivity index (χ2v) is 12.1. The van der Waals surface area contributed by atoms with Crippen molar-refractivity contribution in [2.45, 2.75) is 65.1 Å². The third-order valence-electron chi connectivity index (χ3n) is 7.77. The van der Waals surface area contributed by atoms with Crippen LogP contribution in [0.1, 0.15) is 57.8 Å². The summed E-state index contributed by atoms with van der Waals surface area (Å²) in [6.45, 7) is 11.2. The SMILES string of the molecule is CCN(C(=O)OC(C)(C)C)C1CCN(c2ccc(C(=O)Nc3cc4cn(C)nc4cc3OC)c3nn(C)cc23)C(C)C1. The van der Waals surface area contributed by atoms with Gasteiger partial charge in [-0.25, -0.2) is 4.79 Å². The third-order valence-corrected chi connectivity index (χ3v) is 7.77. The number of nitrogens with one attached hydrogen (secondary N) is 1. The number of aryl methyl sites for hydroxylation is 2. The van der Waals surface area contributed by atoms with E-state index in [-0.39, 0.29) is 24.1 Å². The number of anilines is 2. The summed E-state index contributed by atoms with van der Waals surface area (Å²) in [5.74, 6) is 0.266. The van der Waals surface area contributed by atoms with E-state index in [1.54, 1.807) is 16.5 Å². The molecule has 0 spiro atoms. The maximum Gasteiger partial charge on any atom is 0.410 e. The number of piperidine rings is 1. The van der Waals surface area contributed by atoms with Gasteiger partial charge in [-0.05, 0) is 65.7 Å². The normalized spacial score (nSPS) is 17.5. The smallest absolute Gasteiger partial charge is 0.410 e. The van der Waals surface area contributed by atoms with Crippen molar-refractivity contribution in [3.8, 4) is 5.75 Å². The fourth-order valence-corrected chi connectivity index (χ4v) is 5.92. The van der Waals surface area contributed by atoms with Crippen LogP contribution in [0.4, 0.5) is 16.2 Å². The standard InChI is InChI=1S/C31H41N7O4/c1-9-37(30(40)42-31(3,4)5)21-12-13-38(19(2)14-21)26-11-10-22(28-23(26)18-36(7)34-28)29(39)32-25-15-20-17-35(6)33-24(20)16-27(25)41-8/h10-11,15-19,21H,9,12-14H2,1-8H3,(H,32,39). The van der Waals surface area contributed by atoms with Crippen LogP contribution in [0.3, 0.4) is 0 Å². The highest BCUT2D eigenvalue weighted by molar-refractivity contribution is 6.14. The highest BCUT2D eigenvalue weighted by Crippen LogP contribution is 2.35. The Kier molecular flexibility index (Phi) is 7.78. The van der Waals surface area contributed by atoms with E-state index < -0.39 is 5.60 Å². The van der Waals surface area contributed by atoms with Crippen LogP contribution in [0.25, 0.3) is 21.8 Å². The average Bonchev–Trinajstić information content (AvgIpc) is 3.47. The van der Waals surface area contributed by atoms with Gasteiger partial charge in [-0.2, -0.15) is 10.2 Å². The number of fused-ring (bicyclic) bond motifs is 2. The molecule has 1 aliphatic rings. The molecule has 2 unspecified atom stereocenters. The maximum absolute atomic E-state index is 13.6. The van der Waals surface area contributed by atoms with E-state index in [0.29, 0.717) is 29.1 Å². The molecule has 1 N–H and O–H groups in total. The van der Waals surface area contributed by atoms with E-state index in [1.807, 2.05) is 83.3 Å². The molecule has 42 heavy (non-hydrogen) atoms. The van der Waals surface area contributed by atoms with Crippen LogP contribution in [0.2, 0.25) is 0 Å². The summed E-state index contributed by atoms with van der Waals surface area (Å²) in [5.41, 5.74) is 2.95. The van der Waals surface area contributed by atoms with E-state index in [0.717, 1.165) is 41.4 Å². The molecule has 2 amide bonds. The largest absolute Gasteiger partial charge is 0.494 e. The Balaban J connectivity index is 1.39. The first kappa shape index (κ1) is 29.2. The summed E-state index contributed by atoms with van der Waals surface area (Å²) in [4.78, 5) is 30.7. The number of benzene rings is 2. The van der Waals surface area contributed by atoms with Gasteiger partial charge < -0.3 is 24.6 Å². The number of rotatable bonds is 6. The van der Waals surface area contributed by atoms with Gasteiger partial charge in [-0.1, -0.05) is 0 Å². The highest BCUT2D eigenvalue weighted by Gasteiger charge is 2.34. The summed E-state index contributed by atoms with van der Waals surface area (Å²) in [6, 6.07) is 7.79. The molecular formula is C31H41N7O4. The summed E-state index contributed by atoms with van der Waals surface area (Å²) in [7, 11) is 5.29. The van der Waals surface area contributed by atoms with E-state index in [1.165, 1.54) is 0 Å². The number of hydrogen-bond donors (Lipinski definition) is 1. The van der Waals surface area contributed by atoms with E-state index in [2.05, 4.69) is 27.3 Å². The number of ether oxygens (including phenoxy) is 2. The van der Waals surface area contributed by atoms with E-state index in [9.17, 15) is 9.59 Å². The first-order valence-electron chi connectivity index (χ1n) is 14.4. The van der Waals surface area contributed by atoms with Crippen LogP contribution < -0.4 is 15.0 Å². The first-order valence-corrected chi connectivity index (χ1v) is 14.4. The quantitative estimate of drug-likeness (QED) is 0.331. The minimum atomic E-state index is -0.534. The zero-order valence-corrected chi connectivity index (χ0v) is 25.8. The summed E-state index contributed by atoms with van der Waals surface area (Å²) in [5, 5.41) is 13.9.